The summed E-state index contributed by atoms with van der Waals surface area (Å²) in [7, 11) is 0. The molecule has 0 saturated heterocycles. The number of carbonyl (C=O) groups is 2. The molecule has 0 spiro atoms. The van der Waals surface area contributed by atoms with Gasteiger partial charge < -0.3 is 15.4 Å². The Bertz CT molecular complexity index is 732. The Labute approximate surface area is 133 Å². The van der Waals surface area contributed by atoms with E-state index in [1.54, 1.807) is 6.07 Å². The summed E-state index contributed by atoms with van der Waals surface area (Å²) in [5.74, 6) is -0.755. The number of aryl methyl sites for hydroxylation is 1. The van der Waals surface area contributed by atoms with Gasteiger partial charge in [0.25, 0.3) is 5.91 Å². The summed E-state index contributed by atoms with van der Waals surface area (Å²) in [6.07, 6.45) is 0. The minimum atomic E-state index is -0.575. The predicted molar refractivity (Wildman–Crippen MR) is 86.0 cm³/mol. The molecule has 0 bridgehead atoms. The second kappa shape index (κ2) is 7.40. The highest BCUT2D eigenvalue weighted by atomic mass is 19.1. The molecule has 0 saturated carbocycles. The molecule has 5 nitrogen and oxygen atoms in total. The average Bonchev–Trinajstić information content (AvgIpc) is 2.48. The van der Waals surface area contributed by atoms with Crippen molar-refractivity contribution in [3.8, 4) is 5.75 Å². The van der Waals surface area contributed by atoms with Gasteiger partial charge in [-0.25, -0.2) is 4.39 Å². The van der Waals surface area contributed by atoms with Crippen LogP contribution in [0.2, 0.25) is 0 Å². The molecule has 0 heterocycles. The largest absolute Gasteiger partial charge is 0.484 e. The third-order valence-electron chi connectivity index (χ3n) is 2.92. The zero-order valence-electron chi connectivity index (χ0n) is 12.9. The van der Waals surface area contributed by atoms with Crippen molar-refractivity contribution < 1.29 is 18.7 Å². The Morgan fingerprint density at radius 1 is 1.13 bits per heavy atom. The number of nitrogens with one attached hydrogen (secondary N) is 2. The maximum absolute atomic E-state index is 13.5. The molecule has 2 aromatic carbocycles. The maximum Gasteiger partial charge on any atom is 0.262 e. The third-order valence-corrected chi connectivity index (χ3v) is 2.92. The molecule has 2 amide bonds. The van der Waals surface area contributed by atoms with Crippen molar-refractivity contribution >= 4 is 23.2 Å². The summed E-state index contributed by atoms with van der Waals surface area (Å²) in [4.78, 5) is 22.9. The molecular weight excluding hydrogens is 299 g/mol. The lowest BCUT2D eigenvalue weighted by Crippen LogP contribution is -2.20. The van der Waals surface area contributed by atoms with Crippen molar-refractivity contribution in [3.05, 3.63) is 53.8 Å². The molecule has 2 aromatic rings. The predicted octanol–water partition coefficient (Wildman–Crippen LogP) is 3.11. The first-order valence-corrected chi connectivity index (χ1v) is 7.00. The molecule has 2 rings (SSSR count). The summed E-state index contributed by atoms with van der Waals surface area (Å²) in [5, 5.41) is 4.94. The van der Waals surface area contributed by atoms with Crippen LogP contribution in [0.25, 0.3) is 0 Å². The standard InChI is InChI=1S/C17H17FN2O3/c1-11-4-3-5-14(8-11)23-10-17(22)20-13-6-7-15(18)16(9-13)19-12(2)21/h3-9H,10H2,1-2H3,(H,19,21)(H,20,22). The van der Waals surface area contributed by atoms with Gasteiger partial charge in [0.05, 0.1) is 5.69 Å². The Hall–Kier alpha value is -2.89. The van der Waals surface area contributed by atoms with Crippen molar-refractivity contribution in [2.24, 2.45) is 0 Å². The van der Waals surface area contributed by atoms with E-state index in [9.17, 15) is 14.0 Å². The van der Waals surface area contributed by atoms with E-state index in [1.807, 2.05) is 25.1 Å². The monoisotopic (exact) mass is 316 g/mol. The van der Waals surface area contributed by atoms with Gasteiger partial charge >= 0.3 is 0 Å². The van der Waals surface area contributed by atoms with Gasteiger partial charge in [-0.3, -0.25) is 9.59 Å². The molecule has 2 N–H and O–H groups in total. The first-order chi connectivity index (χ1) is 10.9. The van der Waals surface area contributed by atoms with Crippen LogP contribution in [0.4, 0.5) is 15.8 Å². The van der Waals surface area contributed by atoms with E-state index in [0.29, 0.717) is 11.4 Å². The van der Waals surface area contributed by atoms with Gasteiger partial charge in [-0.1, -0.05) is 12.1 Å². The van der Waals surface area contributed by atoms with Crippen LogP contribution in [0.3, 0.4) is 0 Å². The first-order valence-electron chi connectivity index (χ1n) is 7.00. The van der Waals surface area contributed by atoms with Gasteiger partial charge in [0.1, 0.15) is 11.6 Å². The van der Waals surface area contributed by atoms with Crippen molar-refractivity contribution in [2.45, 2.75) is 13.8 Å². The number of halogens is 1. The highest BCUT2D eigenvalue weighted by Gasteiger charge is 2.08. The molecule has 23 heavy (non-hydrogen) atoms. The minimum Gasteiger partial charge on any atom is -0.484 e. The van der Waals surface area contributed by atoms with Crippen LogP contribution in [0, 0.1) is 12.7 Å². The Kier molecular flexibility index (Phi) is 5.30. The van der Waals surface area contributed by atoms with E-state index in [1.165, 1.54) is 25.1 Å². The third kappa shape index (κ3) is 5.10. The normalized spacial score (nSPS) is 10.0. The van der Waals surface area contributed by atoms with Crippen molar-refractivity contribution in [2.75, 3.05) is 17.2 Å². The van der Waals surface area contributed by atoms with E-state index >= 15 is 0 Å². The van der Waals surface area contributed by atoms with Crippen LogP contribution in [0.15, 0.2) is 42.5 Å². The lowest BCUT2D eigenvalue weighted by Gasteiger charge is -2.10. The number of amides is 2. The molecule has 6 heteroatoms. The summed E-state index contributed by atoms with van der Waals surface area (Å²) in [6, 6.07) is 11.3. The molecule has 0 aliphatic carbocycles. The van der Waals surface area contributed by atoms with Gasteiger partial charge in [0.15, 0.2) is 6.61 Å². The summed E-state index contributed by atoms with van der Waals surface area (Å²) < 4.78 is 18.9. The quantitative estimate of drug-likeness (QED) is 0.890. The van der Waals surface area contributed by atoms with E-state index in [2.05, 4.69) is 10.6 Å². The molecule has 0 unspecified atom stereocenters. The first kappa shape index (κ1) is 16.5. The van der Waals surface area contributed by atoms with Crippen LogP contribution in [0.5, 0.6) is 5.75 Å². The Morgan fingerprint density at radius 2 is 1.91 bits per heavy atom. The van der Waals surface area contributed by atoms with Crippen LogP contribution < -0.4 is 15.4 Å². The van der Waals surface area contributed by atoms with E-state index < -0.39 is 11.7 Å². The molecule has 0 aliphatic heterocycles. The molecule has 0 atom stereocenters. The number of ether oxygens (including phenoxy) is 1. The van der Waals surface area contributed by atoms with Crippen LogP contribution in [-0.4, -0.2) is 18.4 Å². The van der Waals surface area contributed by atoms with Gasteiger partial charge in [-0.15, -0.1) is 0 Å². The highest BCUT2D eigenvalue weighted by molar-refractivity contribution is 5.94. The molecule has 120 valence electrons. The van der Waals surface area contributed by atoms with E-state index in [0.717, 1.165) is 5.56 Å². The molecule has 0 aromatic heterocycles. The Morgan fingerprint density at radius 3 is 2.61 bits per heavy atom. The fourth-order valence-electron chi connectivity index (χ4n) is 1.94. The number of hydrogen-bond acceptors (Lipinski definition) is 3. The van der Waals surface area contributed by atoms with Crippen molar-refractivity contribution in [1.29, 1.82) is 0 Å². The number of rotatable bonds is 5. The molecule has 0 aliphatic rings. The minimum absolute atomic E-state index is 0.00917. The zero-order valence-corrected chi connectivity index (χ0v) is 12.9. The fraction of sp³-hybridized carbons (Fsp3) is 0.176. The van der Waals surface area contributed by atoms with Gasteiger partial charge in [0, 0.05) is 12.6 Å². The van der Waals surface area contributed by atoms with Gasteiger partial charge in [0.2, 0.25) is 5.91 Å². The van der Waals surface area contributed by atoms with Gasteiger partial charge in [-0.05, 0) is 42.8 Å². The summed E-state index contributed by atoms with van der Waals surface area (Å²) in [5.41, 5.74) is 1.41. The average molecular weight is 316 g/mol. The fourth-order valence-corrected chi connectivity index (χ4v) is 1.94. The second-order valence-electron chi connectivity index (χ2n) is 5.03. The smallest absolute Gasteiger partial charge is 0.262 e. The van der Waals surface area contributed by atoms with Crippen molar-refractivity contribution in [1.82, 2.24) is 0 Å². The lowest BCUT2D eigenvalue weighted by atomic mass is 10.2. The topological polar surface area (TPSA) is 67.4 Å². The SMILES string of the molecule is CC(=O)Nc1cc(NC(=O)COc2cccc(C)c2)ccc1F. The Balaban J connectivity index is 1.96. The van der Waals surface area contributed by atoms with Crippen molar-refractivity contribution in [3.63, 3.8) is 0 Å². The maximum atomic E-state index is 13.5. The van der Waals surface area contributed by atoms with E-state index in [4.69, 9.17) is 4.74 Å². The molecule has 0 fully saturated rings. The highest BCUT2D eigenvalue weighted by Crippen LogP contribution is 2.19. The number of anilines is 2. The molecule has 0 radical (unpaired) electrons. The van der Waals surface area contributed by atoms with Crippen LogP contribution in [0.1, 0.15) is 12.5 Å². The van der Waals surface area contributed by atoms with Crippen LogP contribution in [-0.2, 0) is 9.59 Å². The van der Waals surface area contributed by atoms with Gasteiger partial charge in [-0.2, -0.15) is 0 Å². The van der Waals surface area contributed by atoms with E-state index in [-0.39, 0.29) is 18.2 Å². The van der Waals surface area contributed by atoms with Crippen LogP contribution >= 0.6 is 0 Å². The summed E-state index contributed by atoms with van der Waals surface area (Å²) in [6.45, 7) is 3.03. The molecular formula is C17H17FN2O3. The number of carbonyl (C=O) groups excluding carboxylic acids is 2. The lowest BCUT2D eigenvalue weighted by molar-refractivity contribution is -0.118. The second-order valence-corrected chi connectivity index (χ2v) is 5.03. The zero-order chi connectivity index (χ0) is 16.8. The summed E-state index contributed by atoms with van der Waals surface area (Å²) >= 11 is 0. The number of benzene rings is 2. The number of hydrogen-bond donors (Lipinski definition) is 2.